The summed E-state index contributed by atoms with van der Waals surface area (Å²) in [6.07, 6.45) is 4.51. The third kappa shape index (κ3) is 4.51. The molecule has 1 aromatic heterocycles. The highest BCUT2D eigenvalue weighted by molar-refractivity contribution is 5.92. The van der Waals surface area contributed by atoms with Gasteiger partial charge in [-0.25, -0.2) is 0 Å². The lowest BCUT2D eigenvalue weighted by Gasteiger charge is -2.33. The number of piperidine rings is 1. The number of hydrogen-bond donors (Lipinski definition) is 2. The molecule has 26 heavy (non-hydrogen) atoms. The first-order valence-corrected chi connectivity index (χ1v) is 8.99. The average molecular weight is 358 g/mol. The molecule has 1 saturated heterocycles. The Hall–Kier alpha value is -2.61. The molecule has 140 valence electrons. The number of amides is 1. The van der Waals surface area contributed by atoms with Gasteiger partial charge in [-0.3, -0.25) is 9.48 Å². The van der Waals surface area contributed by atoms with Crippen molar-refractivity contribution in [3.05, 3.63) is 36.2 Å². The molecular weight excluding hydrogens is 332 g/mol. The Morgan fingerprint density at radius 1 is 1.38 bits per heavy atom. The number of carbonyl (C=O) groups excluding carboxylic acids is 1. The van der Waals surface area contributed by atoms with Crippen molar-refractivity contribution in [1.29, 1.82) is 0 Å². The minimum absolute atomic E-state index is 0.0646. The molecule has 1 aliphatic rings. The number of ether oxygens (including phenoxy) is 1. The Kier molecular flexibility index (Phi) is 6.06. The van der Waals surface area contributed by atoms with Crippen LogP contribution in [0.1, 0.15) is 29.8 Å². The van der Waals surface area contributed by atoms with E-state index < -0.39 is 0 Å². The zero-order valence-corrected chi connectivity index (χ0v) is 15.1. The van der Waals surface area contributed by atoms with Crippen LogP contribution in [0.15, 0.2) is 30.5 Å². The largest absolute Gasteiger partial charge is 0.497 e. The average Bonchev–Trinajstić information content (AvgIpc) is 3.15. The van der Waals surface area contributed by atoms with Gasteiger partial charge in [-0.2, -0.15) is 0 Å². The highest BCUT2D eigenvalue weighted by atomic mass is 16.5. The predicted octanol–water partition coefficient (Wildman–Crippen LogP) is 1.35. The minimum atomic E-state index is -0.0646. The van der Waals surface area contributed by atoms with Crippen molar-refractivity contribution in [2.24, 2.45) is 5.73 Å². The van der Waals surface area contributed by atoms with Crippen LogP contribution in [0.5, 0.6) is 5.75 Å². The molecule has 0 bridgehead atoms. The molecule has 1 aromatic carbocycles. The van der Waals surface area contributed by atoms with Gasteiger partial charge >= 0.3 is 0 Å². The van der Waals surface area contributed by atoms with Crippen molar-refractivity contribution in [2.75, 3.05) is 32.1 Å². The molecule has 1 fully saturated rings. The van der Waals surface area contributed by atoms with Crippen molar-refractivity contribution >= 4 is 11.6 Å². The molecule has 0 aliphatic carbocycles. The van der Waals surface area contributed by atoms with Gasteiger partial charge in [0.15, 0.2) is 5.69 Å². The van der Waals surface area contributed by atoms with Gasteiger partial charge in [0.2, 0.25) is 0 Å². The number of benzene rings is 1. The number of carbonyl (C=O) groups is 1. The van der Waals surface area contributed by atoms with Gasteiger partial charge in [0.25, 0.3) is 5.91 Å². The Balaban J connectivity index is 1.58. The number of aromatic nitrogens is 3. The third-order valence-electron chi connectivity index (χ3n) is 4.52. The molecule has 1 aliphatic heterocycles. The molecule has 8 heteroatoms. The zero-order valence-electron chi connectivity index (χ0n) is 15.1. The number of nitrogens with zero attached hydrogens (tertiary/aromatic N) is 4. The molecule has 0 unspecified atom stereocenters. The van der Waals surface area contributed by atoms with E-state index in [0.29, 0.717) is 25.3 Å². The lowest BCUT2D eigenvalue weighted by Crippen LogP contribution is -2.45. The molecule has 2 aromatic rings. The smallest absolute Gasteiger partial charge is 0.276 e. The highest BCUT2D eigenvalue weighted by Gasteiger charge is 2.26. The Morgan fingerprint density at radius 2 is 2.19 bits per heavy atom. The number of anilines is 1. The predicted molar refractivity (Wildman–Crippen MR) is 99.2 cm³/mol. The number of aryl methyl sites for hydroxylation is 1. The third-order valence-corrected chi connectivity index (χ3v) is 4.52. The fourth-order valence-corrected chi connectivity index (χ4v) is 3.12. The van der Waals surface area contributed by atoms with E-state index in [9.17, 15) is 4.79 Å². The maximum atomic E-state index is 12.7. The molecule has 0 spiro atoms. The van der Waals surface area contributed by atoms with Crippen molar-refractivity contribution in [1.82, 2.24) is 19.9 Å². The number of nitrogens with two attached hydrogens (primary N) is 1. The van der Waals surface area contributed by atoms with Gasteiger partial charge in [-0.15, -0.1) is 5.10 Å². The van der Waals surface area contributed by atoms with Gasteiger partial charge in [0, 0.05) is 31.4 Å². The number of rotatable bonds is 7. The van der Waals surface area contributed by atoms with Crippen LogP contribution < -0.4 is 15.8 Å². The van der Waals surface area contributed by atoms with Crippen LogP contribution in [-0.2, 0) is 6.54 Å². The normalized spacial score (nSPS) is 17.2. The van der Waals surface area contributed by atoms with Crippen molar-refractivity contribution < 1.29 is 9.53 Å². The Labute approximate surface area is 153 Å². The maximum absolute atomic E-state index is 12.7. The molecule has 8 nitrogen and oxygen atoms in total. The van der Waals surface area contributed by atoms with Gasteiger partial charge in [0.1, 0.15) is 5.75 Å². The molecule has 3 N–H and O–H groups in total. The molecule has 1 atom stereocenters. The van der Waals surface area contributed by atoms with Gasteiger partial charge in [-0.1, -0.05) is 5.21 Å². The first kappa shape index (κ1) is 18.2. The SMILES string of the molecule is COc1ccc(N[C@H]2CCCN(C(=O)c3cn(CCCN)nn3)C2)cc1. The second kappa shape index (κ2) is 8.66. The minimum Gasteiger partial charge on any atom is -0.497 e. The summed E-state index contributed by atoms with van der Waals surface area (Å²) in [5.74, 6) is 0.763. The van der Waals surface area contributed by atoms with Crippen LogP contribution in [0.4, 0.5) is 5.69 Å². The summed E-state index contributed by atoms with van der Waals surface area (Å²) in [5, 5.41) is 11.5. The second-order valence-corrected chi connectivity index (χ2v) is 6.47. The molecule has 0 radical (unpaired) electrons. The highest BCUT2D eigenvalue weighted by Crippen LogP contribution is 2.20. The van der Waals surface area contributed by atoms with E-state index in [2.05, 4.69) is 15.6 Å². The Bertz CT molecular complexity index is 715. The summed E-state index contributed by atoms with van der Waals surface area (Å²) < 4.78 is 6.86. The van der Waals surface area contributed by atoms with Crippen LogP contribution >= 0.6 is 0 Å². The molecule has 2 heterocycles. The standard InChI is InChI=1S/C18H26N6O2/c1-26-16-7-5-14(6-8-16)20-15-4-2-10-23(12-15)18(25)17-13-24(22-21-17)11-3-9-19/h5-8,13,15,20H,2-4,9-12,19H2,1H3/t15-/m0/s1. The second-order valence-electron chi connectivity index (χ2n) is 6.47. The zero-order chi connectivity index (χ0) is 18.4. The van der Waals surface area contributed by atoms with Gasteiger partial charge < -0.3 is 20.7 Å². The quantitative estimate of drug-likeness (QED) is 0.775. The van der Waals surface area contributed by atoms with Crippen LogP contribution in [-0.4, -0.2) is 58.6 Å². The fraction of sp³-hybridized carbons (Fsp3) is 0.500. The lowest BCUT2D eigenvalue weighted by atomic mass is 10.0. The van der Waals surface area contributed by atoms with E-state index in [1.807, 2.05) is 29.2 Å². The van der Waals surface area contributed by atoms with Crippen molar-refractivity contribution in [3.8, 4) is 5.75 Å². The van der Waals surface area contributed by atoms with Crippen molar-refractivity contribution in [2.45, 2.75) is 31.8 Å². The van der Waals surface area contributed by atoms with Crippen LogP contribution in [0, 0.1) is 0 Å². The number of nitrogens with one attached hydrogen (secondary N) is 1. The van der Waals surface area contributed by atoms with Crippen LogP contribution in [0.2, 0.25) is 0 Å². The summed E-state index contributed by atoms with van der Waals surface area (Å²) in [7, 11) is 1.65. The van der Waals surface area contributed by atoms with E-state index >= 15 is 0 Å². The summed E-state index contributed by atoms with van der Waals surface area (Å²) in [6, 6.07) is 8.04. The van der Waals surface area contributed by atoms with Crippen LogP contribution in [0.25, 0.3) is 0 Å². The van der Waals surface area contributed by atoms with E-state index in [1.165, 1.54) is 0 Å². The summed E-state index contributed by atoms with van der Waals surface area (Å²) in [6.45, 7) is 2.67. The number of hydrogen-bond acceptors (Lipinski definition) is 6. The van der Waals surface area contributed by atoms with Crippen LogP contribution in [0.3, 0.4) is 0 Å². The molecular formula is C18H26N6O2. The van der Waals surface area contributed by atoms with E-state index in [0.717, 1.165) is 37.2 Å². The first-order valence-electron chi connectivity index (χ1n) is 8.99. The molecule has 1 amide bonds. The molecule has 0 saturated carbocycles. The van der Waals surface area contributed by atoms with E-state index in [-0.39, 0.29) is 11.9 Å². The van der Waals surface area contributed by atoms with E-state index in [4.69, 9.17) is 10.5 Å². The van der Waals surface area contributed by atoms with Gasteiger partial charge in [0.05, 0.1) is 13.3 Å². The van der Waals surface area contributed by atoms with Gasteiger partial charge in [-0.05, 0) is 50.1 Å². The summed E-state index contributed by atoms with van der Waals surface area (Å²) >= 11 is 0. The summed E-state index contributed by atoms with van der Waals surface area (Å²) in [4.78, 5) is 14.6. The maximum Gasteiger partial charge on any atom is 0.276 e. The molecule has 3 rings (SSSR count). The summed E-state index contributed by atoms with van der Waals surface area (Å²) in [5.41, 5.74) is 6.93. The van der Waals surface area contributed by atoms with Crippen molar-refractivity contribution in [3.63, 3.8) is 0 Å². The first-order chi connectivity index (χ1) is 12.7. The lowest BCUT2D eigenvalue weighted by molar-refractivity contribution is 0.0708. The topological polar surface area (TPSA) is 98.3 Å². The Morgan fingerprint density at radius 3 is 2.92 bits per heavy atom. The number of likely N-dealkylation sites (tertiary alicyclic amines) is 1. The fourth-order valence-electron chi connectivity index (χ4n) is 3.12. The van der Waals surface area contributed by atoms with E-state index in [1.54, 1.807) is 18.0 Å². The monoisotopic (exact) mass is 358 g/mol. The number of methoxy groups -OCH3 is 1.